The first-order valence-electron chi connectivity index (χ1n) is 5.25. The number of rotatable bonds is 3. The Morgan fingerprint density at radius 3 is 2.67 bits per heavy atom. The van der Waals surface area contributed by atoms with E-state index in [0.29, 0.717) is 6.54 Å². The number of pyridine rings is 1. The Hall–Kier alpha value is -1.42. The molecule has 1 aliphatic rings. The van der Waals surface area contributed by atoms with Crippen LogP contribution in [0, 0.1) is 5.92 Å². The van der Waals surface area contributed by atoms with Crippen molar-refractivity contribution in [3.8, 4) is 0 Å². The van der Waals surface area contributed by atoms with E-state index in [0.717, 1.165) is 18.8 Å². The summed E-state index contributed by atoms with van der Waals surface area (Å²) in [4.78, 5) is 17.8. The first kappa shape index (κ1) is 10.1. The summed E-state index contributed by atoms with van der Waals surface area (Å²) in [5.74, 6) is 0.362. The summed E-state index contributed by atoms with van der Waals surface area (Å²) in [5.41, 5.74) is 0.935. The first-order valence-corrected chi connectivity index (χ1v) is 5.25. The molecule has 4 heteroatoms. The van der Waals surface area contributed by atoms with Crippen molar-refractivity contribution in [2.45, 2.75) is 6.92 Å². The van der Waals surface area contributed by atoms with Crippen molar-refractivity contribution in [3.05, 3.63) is 24.5 Å². The molecule has 2 rings (SSSR count). The predicted octanol–water partition coefficient (Wildman–Crippen LogP) is 0.654. The number of carbonyl (C=O) groups excluding carboxylic acids is 1. The minimum Gasteiger partial charge on any atom is -0.315 e. The van der Waals surface area contributed by atoms with Gasteiger partial charge in [0.1, 0.15) is 0 Å². The second-order valence-corrected chi connectivity index (χ2v) is 3.64. The largest absolute Gasteiger partial charge is 0.315 e. The molecule has 1 fully saturated rings. The second-order valence-electron chi connectivity index (χ2n) is 3.64. The summed E-state index contributed by atoms with van der Waals surface area (Å²) in [7, 11) is 0. The monoisotopic (exact) mass is 205 g/mol. The highest BCUT2D eigenvalue weighted by atomic mass is 16.2. The van der Waals surface area contributed by atoms with Gasteiger partial charge in [0.25, 0.3) is 0 Å². The highest BCUT2D eigenvalue weighted by Crippen LogP contribution is 2.16. The van der Waals surface area contributed by atoms with Crippen molar-refractivity contribution in [2.24, 2.45) is 5.92 Å². The van der Waals surface area contributed by atoms with E-state index < -0.39 is 0 Å². The predicted molar refractivity (Wildman–Crippen MR) is 58.6 cm³/mol. The SMILES string of the molecule is CCN(C(=O)C1CNC1)c1ccncc1. The molecule has 4 nitrogen and oxygen atoms in total. The number of carbonyl (C=O) groups is 1. The van der Waals surface area contributed by atoms with Crippen molar-refractivity contribution in [1.82, 2.24) is 10.3 Å². The molecular weight excluding hydrogens is 190 g/mol. The number of aromatic nitrogens is 1. The van der Waals surface area contributed by atoms with Gasteiger partial charge in [-0.05, 0) is 19.1 Å². The Morgan fingerprint density at radius 1 is 1.53 bits per heavy atom. The molecular formula is C11H15N3O. The van der Waals surface area contributed by atoms with Crippen LogP contribution in [0.4, 0.5) is 5.69 Å². The lowest BCUT2D eigenvalue weighted by Gasteiger charge is -2.31. The summed E-state index contributed by atoms with van der Waals surface area (Å²) in [6.07, 6.45) is 3.43. The zero-order valence-electron chi connectivity index (χ0n) is 8.81. The Bertz CT molecular complexity index is 335. The summed E-state index contributed by atoms with van der Waals surface area (Å²) in [6.45, 7) is 4.31. The number of hydrogen-bond donors (Lipinski definition) is 1. The summed E-state index contributed by atoms with van der Waals surface area (Å²) in [6, 6.07) is 3.74. The smallest absolute Gasteiger partial charge is 0.232 e. The van der Waals surface area contributed by atoms with Crippen LogP contribution < -0.4 is 10.2 Å². The molecule has 2 heterocycles. The molecule has 1 aromatic rings. The molecule has 1 aromatic heterocycles. The average molecular weight is 205 g/mol. The molecule has 0 radical (unpaired) electrons. The lowest BCUT2D eigenvalue weighted by Crippen LogP contribution is -2.52. The number of amides is 1. The third-order valence-corrected chi connectivity index (χ3v) is 2.69. The number of anilines is 1. The van der Waals surface area contributed by atoms with Gasteiger partial charge >= 0.3 is 0 Å². The zero-order valence-corrected chi connectivity index (χ0v) is 8.81. The lowest BCUT2D eigenvalue weighted by molar-refractivity contribution is -0.123. The zero-order chi connectivity index (χ0) is 10.7. The average Bonchev–Trinajstić information content (AvgIpc) is 2.18. The van der Waals surface area contributed by atoms with E-state index in [-0.39, 0.29) is 11.8 Å². The molecule has 0 bridgehead atoms. The molecule has 1 saturated heterocycles. The van der Waals surface area contributed by atoms with Crippen molar-refractivity contribution >= 4 is 11.6 Å². The maximum atomic E-state index is 12.0. The highest BCUT2D eigenvalue weighted by molar-refractivity contribution is 5.95. The second kappa shape index (κ2) is 4.40. The van der Waals surface area contributed by atoms with E-state index in [9.17, 15) is 4.79 Å². The fourth-order valence-electron chi connectivity index (χ4n) is 1.67. The minimum absolute atomic E-state index is 0.151. The van der Waals surface area contributed by atoms with Gasteiger partial charge in [-0.15, -0.1) is 0 Å². The Labute approximate surface area is 89.3 Å². The van der Waals surface area contributed by atoms with Crippen LogP contribution in [0.3, 0.4) is 0 Å². The number of nitrogens with one attached hydrogen (secondary N) is 1. The molecule has 0 aromatic carbocycles. The topological polar surface area (TPSA) is 45.2 Å². The fraction of sp³-hybridized carbons (Fsp3) is 0.455. The molecule has 0 aliphatic carbocycles. The van der Waals surface area contributed by atoms with E-state index >= 15 is 0 Å². The third-order valence-electron chi connectivity index (χ3n) is 2.69. The van der Waals surface area contributed by atoms with Gasteiger partial charge < -0.3 is 10.2 Å². The lowest BCUT2D eigenvalue weighted by atomic mass is 10.0. The van der Waals surface area contributed by atoms with Crippen molar-refractivity contribution < 1.29 is 4.79 Å². The highest BCUT2D eigenvalue weighted by Gasteiger charge is 2.29. The number of nitrogens with zero attached hydrogens (tertiary/aromatic N) is 2. The van der Waals surface area contributed by atoms with E-state index in [1.165, 1.54) is 0 Å². The summed E-state index contributed by atoms with van der Waals surface area (Å²) < 4.78 is 0. The van der Waals surface area contributed by atoms with Gasteiger partial charge in [-0.2, -0.15) is 0 Å². The molecule has 0 atom stereocenters. The Morgan fingerprint density at radius 2 is 2.20 bits per heavy atom. The summed E-state index contributed by atoms with van der Waals surface area (Å²) >= 11 is 0. The molecule has 0 spiro atoms. The van der Waals surface area contributed by atoms with Gasteiger partial charge in [-0.25, -0.2) is 0 Å². The van der Waals surface area contributed by atoms with Crippen molar-refractivity contribution in [2.75, 3.05) is 24.5 Å². The van der Waals surface area contributed by atoms with Crippen LogP contribution in [-0.2, 0) is 4.79 Å². The van der Waals surface area contributed by atoms with Crippen LogP contribution in [-0.4, -0.2) is 30.5 Å². The van der Waals surface area contributed by atoms with Gasteiger partial charge in [0.15, 0.2) is 0 Å². The molecule has 1 N–H and O–H groups in total. The van der Waals surface area contributed by atoms with Gasteiger partial charge in [0.05, 0.1) is 5.92 Å². The van der Waals surface area contributed by atoms with Gasteiger partial charge in [-0.3, -0.25) is 9.78 Å². The normalized spacial score (nSPS) is 15.8. The van der Waals surface area contributed by atoms with E-state index in [4.69, 9.17) is 0 Å². The van der Waals surface area contributed by atoms with Crippen molar-refractivity contribution in [1.29, 1.82) is 0 Å². The maximum Gasteiger partial charge on any atom is 0.232 e. The standard InChI is InChI=1S/C11H15N3O/c1-2-14(10-3-5-12-6-4-10)11(15)9-7-13-8-9/h3-6,9,13H,2,7-8H2,1H3. The molecule has 1 aliphatic heterocycles. The Balaban J connectivity index is 2.13. The minimum atomic E-state index is 0.151. The van der Waals surface area contributed by atoms with E-state index in [2.05, 4.69) is 10.3 Å². The third kappa shape index (κ3) is 1.99. The molecule has 80 valence electrons. The van der Waals surface area contributed by atoms with Crippen LogP contribution >= 0.6 is 0 Å². The van der Waals surface area contributed by atoms with Crippen LogP contribution in [0.1, 0.15) is 6.92 Å². The van der Waals surface area contributed by atoms with Gasteiger partial charge in [0.2, 0.25) is 5.91 Å². The molecule has 0 saturated carbocycles. The molecule has 0 unspecified atom stereocenters. The van der Waals surface area contributed by atoms with Crippen molar-refractivity contribution in [3.63, 3.8) is 0 Å². The molecule has 1 amide bonds. The van der Waals surface area contributed by atoms with Crippen LogP contribution in [0.5, 0.6) is 0 Å². The quantitative estimate of drug-likeness (QED) is 0.788. The van der Waals surface area contributed by atoms with Gasteiger partial charge in [-0.1, -0.05) is 0 Å². The van der Waals surface area contributed by atoms with Crippen LogP contribution in [0.25, 0.3) is 0 Å². The van der Waals surface area contributed by atoms with E-state index in [1.807, 2.05) is 24.0 Å². The fourth-order valence-corrected chi connectivity index (χ4v) is 1.67. The van der Waals surface area contributed by atoms with Crippen LogP contribution in [0.2, 0.25) is 0 Å². The Kier molecular flexibility index (Phi) is 2.97. The van der Waals surface area contributed by atoms with Gasteiger partial charge in [0, 0.05) is 37.7 Å². The first-order chi connectivity index (χ1) is 7.33. The van der Waals surface area contributed by atoms with E-state index in [1.54, 1.807) is 12.4 Å². The summed E-state index contributed by atoms with van der Waals surface area (Å²) in [5, 5.41) is 3.11. The van der Waals surface area contributed by atoms with Crippen LogP contribution in [0.15, 0.2) is 24.5 Å². The number of hydrogen-bond acceptors (Lipinski definition) is 3. The maximum absolute atomic E-state index is 12.0. The molecule has 15 heavy (non-hydrogen) atoms.